The summed E-state index contributed by atoms with van der Waals surface area (Å²) >= 11 is 0. The molecule has 8 heteroatoms. The zero-order valence-electron chi connectivity index (χ0n) is 43.6. The third-order valence-corrected chi connectivity index (χ3v) is 14.7. The number of para-hydroxylation sites is 2. The van der Waals surface area contributed by atoms with Crippen molar-refractivity contribution in [1.29, 1.82) is 15.8 Å². The van der Waals surface area contributed by atoms with Gasteiger partial charge in [0.15, 0.2) is 5.82 Å². The van der Waals surface area contributed by atoms with Crippen molar-refractivity contribution in [2.75, 3.05) is 9.80 Å². The number of anilines is 6. The van der Waals surface area contributed by atoms with Crippen molar-refractivity contribution in [2.24, 2.45) is 0 Å². The topological polar surface area (TPSA) is 109 Å². The molecule has 0 spiro atoms. The van der Waals surface area contributed by atoms with Crippen LogP contribution in [0.25, 0.3) is 83.6 Å². The van der Waals surface area contributed by atoms with Crippen molar-refractivity contribution in [2.45, 2.75) is 0 Å². The van der Waals surface area contributed by atoms with Gasteiger partial charge < -0.3 is 14.4 Å². The Labute approximate surface area is 469 Å². The van der Waals surface area contributed by atoms with Gasteiger partial charge in [-0.3, -0.25) is 0 Å². The van der Waals surface area contributed by atoms with Gasteiger partial charge in [-0.15, -0.1) is 0 Å². The third-order valence-electron chi connectivity index (χ3n) is 14.7. The molecule has 0 aliphatic heterocycles. The van der Waals surface area contributed by atoms with Gasteiger partial charge in [0.05, 0.1) is 57.3 Å². The number of rotatable bonds is 12. The zero-order chi connectivity index (χ0) is 54.7. The van der Waals surface area contributed by atoms with Crippen LogP contribution in [0.15, 0.2) is 279 Å². The van der Waals surface area contributed by atoms with Crippen LogP contribution in [-0.4, -0.2) is 14.5 Å². The van der Waals surface area contributed by atoms with E-state index >= 15 is 0 Å². The standard InChI is InChI=1S/C73H46N8/c74-47-50-21-32-61(33-22-50)80(62-34-23-51(48-75)24-35-62)65-39-42-72-68(45-65)67-44-64(79(59-17-9-3-10-18-59)60-19-11-4-12-20-60)38-41-71(67)81(72)63-36-29-53(30-37-63)52-25-27-54(28-26-52)66-40-31-57(43-58(66)49-76)70-46-69(55-13-5-1-6-14-55)77-73(78-70)56-15-7-2-8-16-56/h1-46H. The summed E-state index contributed by atoms with van der Waals surface area (Å²) in [5.41, 5.74) is 18.7. The van der Waals surface area contributed by atoms with E-state index in [1.807, 2.05) is 146 Å². The summed E-state index contributed by atoms with van der Waals surface area (Å²) in [5, 5.41) is 32.1. The van der Waals surface area contributed by atoms with Crippen LogP contribution in [0.3, 0.4) is 0 Å². The molecular weight excluding hydrogens is 989 g/mol. The average molecular weight is 1040 g/mol. The van der Waals surface area contributed by atoms with Crippen molar-refractivity contribution in [1.82, 2.24) is 14.5 Å². The Morgan fingerprint density at radius 2 is 0.716 bits per heavy atom. The van der Waals surface area contributed by atoms with Crippen LogP contribution in [0.1, 0.15) is 16.7 Å². The fraction of sp³-hybridized carbons (Fsp3) is 0. The van der Waals surface area contributed by atoms with E-state index < -0.39 is 0 Å². The molecule has 0 N–H and O–H groups in total. The summed E-state index contributed by atoms with van der Waals surface area (Å²) in [4.78, 5) is 14.4. The maximum absolute atomic E-state index is 10.6. The van der Waals surface area contributed by atoms with Crippen LogP contribution in [0.5, 0.6) is 0 Å². The van der Waals surface area contributed by atoms with Crippen LogP contribution in [0.2, 0.25) is 0 Å². The molecule has 0 unspecified atom stereocenters. The van der Waals surface area contributed by atoms with Crippen LogP contribution in [0, 0.1) is 34.0 Å². The molecule has 0 saturated heterocycles. The molecule has 81 heavy (non-hydrogen) atoms. The van der Waals surface area contributed by atoms with Crippen molar-refractivity contribution in [3.05, 3.63) is 296 Å². The summed E-state index contributed by atoms with van der Waals surface area (Å²) < 4.78 is 2.33. The predicted octanol–water partition coefficient (Wildman–Crippen LogP) is 18.5. The minimum absolute atomic E-state index is 0.556. The van der Waals surface area contributed by atoms with E-state index in [4.69, 9.17) is 9.97 Å². The number of aromatic nitrogens is 3. The molecule has 0 saturated carbocycles. The van der Waals surface area contributed by atoms with Gasteiger partial charge in [0.2, 0.25) is 0 Å². The van der Waals surface area contributed by atoms with E-state index in [-0.39, 0.29) is 0 Å². The highest BCUT2D eigenvalue weighted by atomic mass is 15.1. The normalized spacial score (nSPS) is 10.9. The molecule has 378 valence electrons. The summed E-state index contributed by atoms with van der Waals surface area (Å²) in [6.45, 7) is 0. The number of hydrogen-bond donors (Lipinski definition) is 0. The van der Waals surface area contributed by atoms with E-state index in [2.05, 4.69) is 166 Å². The minimum atomic E-state index is 0.556. The number of fused-ring (bicyclic) bond motifs is 3. The molecule has 0 aliphatic rings. The van der Waals surface area contributed by atoms with Gasteiger partial charge in [0, 0.05) is 67.3 Å². The van der Waals surface area contributed by atoms with Gasteiger partial charge in [-0.25, -0.2) is 9.97 Å². The monoisotopic (exact) mass is 1030 g/mol. The van der Waals surface area contributed by atoms with Crippen LogP contribution in [0.4, 0.5) is 34.1 Å². The van der Waals surface area contributed by atoms with Gasteiger partial charge in [-0.05, 0) is 156 Å². The molecule has 13 aromatic rings. The summed E-state index contributed by atoms with van der Waals surface area (Å²) in [5.74, 6) is 0.622. The highest BCUT2D eigenvalue weighted by molar-refractivity contribution is 6.12. The lowest BCUT2D eigenvalue weighted by Gasteiger charge is -2.26. The number of hydrogen-bond acceptors (Lipinski definition) is 7. The quantitative estimate of drug-likeness (QED) is 0.120. The molecule has 13 rings (SSSR count). The second-order valence-corrected chi connectivity index (χ2v) is 19.6. The third kappa shape index (κ3) is 9.57. The fourth-order valence-electron chi connectivity index (χ4n) is 10.7. The van der Waals surface area contributed by atoms with Gasteiger partial charge >= 0.3 is 0 Å². The van der Waals surface area contributed by atoms with Crippen LogP contribution >= 0.6 is 0 Å². The lowest BCUT2D eigenvalue weighted by molar-refractivity contribution is 1.18. The highest BCUT2D eigenvalue weighted by Gasteiger charge is 2.21. The second-order valence-electron chi connectivity index (χ2n) is 19.6. The van der Waals surface area contributed by atoms with Crippen LogP contribution < -0.4 is 9.80 Å². The van der Waals surface area contributed by atoms with Crippen molar-refractivity contribution >= 4 is 55.9 Å². The maximum atomic E-state index is 10.6. The molecule has 2 aromatic heterocycles. The number of nitrogens with zero attached hydrogens (tertiary/aromatic N) is 8. The molecule has 8 nitrogen and oxygen atoms in total. The Bertz CT molecular complexity index is 4400. The van der Waals surface area contributed by atoms with Gasteiger partial charge in [-0.2, -0.15) is 15.8 Å². The number of benzene rings is 11. The summed E-state index contributed by atoms with van der Waals surface area (Å²) in [6, 6.07) is 101. The molecule has 0 aliphatic carbocycles. The Morgan fingerprint density at radius 1 is 0.309 bits per heavy atom. The lowest BCUT2D eigenvalue weighted by Crippen LogP contribution is -2.10. The van der Waals surface area contributed by atoms with Crippen molar-refractivity contribution in [3.8, 4) is 80.1 Å². The van der Waals surface area contributed by atoms with Gasteiger partial charge in [0.1, 0.15) is 0 Å². The largest absolute Gasteiger partial charge is 0.310 e. The highest BCUT2D eigenvalue weighted by Crippen LogP contribution is 2.43. The summed E-state index contributed by atoms with van der Waals surface area (Å²) in [7, 11) is 0. The number of nitriles is 3. The van der Waals surface area contributed by atoms with Gasteiger partial charge in [0.25, 0.3) is 0 Å². The molecular formula is C73H46N8. The predicted molar refractivity (Wildman–Crippen MR) is 327 cm³/mol. The van der Waals surface area contributed by atoms with Gasteiger partial charge in [-0.1, -0.05) is 146 Å². The SMILES string of the molecule is N#Cc1ccc(N(c2ccc(C#N)cc2)c2ccc3c(c2)c2cc(N(c4ccccc4)c4ccccc4)ccc2n3-c2ccc(-c3ccc(-c4ccc(-c5cc(-c6ccccc6)nc(-c6ccccc6)n5)cc4C#N)cc3)cc2)cc1. The summed E-state index contributed by atoms with van der Waals surface area (Å²) in [6.07, 6.45) is 0. The van der Waals surface area contributed by atoms with E-state index in [0.29, 0.717) is 22.5 Å². The zero-order valence-corrected chi connectivity index (χ0v) is 43.6. The van der Waals surface area contributed by atoms with E-state index in [1.54, 1.807) is 0 Å². The van der Waals surface area contributed by atoms with E-state index in [1.165, 1.54) is 0 Å². The van der Waals surface area contributed by atoms with Crippen molar-refractivity contribution in [3.63, 3.8) is 0 Å². The first-order chi connectivity index (χ1) is 40.0. The minimum Gasteiger partial charge on any atom is -0.310 e. The maximum Gasteiger partial charge on any atom is 0.160 e. The first-order valence-electron chi connectivity index (χ1n) is 26.5. The van der Waals surface area contributed by atoms with E-state index in [9.17, 15) is 15.8 Å². The Morgan fingerprint density at radius 3 is 1.20 bits per heavy atom. The fourth-order valence-corrected chi connectivity index (χ4v) is 10.7. The molecule has 0 bridgehead atoms. The Hall–Kier alpha value is -11.6. The Balaban J connectivity index is 0.870. The Kier molecular flexibility index (Phi) is 12.9. The molecule has 0 fully saturated rings. The smallest absolute Gasteiger partial charge is 0.160 e. The molecule has 11 aromatic carbocycles. The first kappa shape index (κ1) is 49.0. The second kappa shape index (κ2) is 21.4. The van der Waals surface area contributed by atoms with Crippen molar-refractivity contribution < 1.29 is 0 Å². The molecule has 0 amide bonds. The molecule has 0 radical (unpaired) electrons. The van der Waals surface area contributed by atoms with E-state index in [0.717, 1.165) is 112 Å². The average Bonchev–Trinajstić information content (AvgIpc) is 4.14. The first-order valence-corrected chi connectivity index (χ1v) is 26.5. The molecule has 0 atom stereocenters. The van der Waals surface area contributed by atoms with Crippen LogP contribution in [-0.2, 0) is 0 Å². The lowest BCUT2D eigenvalue weighted by atomic mass is 9.95. The molecule has 2 heterocycles.